The van der Waals surface area contributed by atoms with E-state index in [0.29, 0.717) is 10.5 Å². The van der Waals surface area contributed by atoms with Crippen molar-refractivity contribution in [2.45, 2.75) is 39.2 Å². The second-order valence-electron chi connectivity index (χ2n) is 2.12. The first-order chi connectivity index (χ1) is 4.20. The molecule has 0 amide bonds. The highest BCUT2D eigenvalue weighted by molar-refractivity contribution is 8.01. The van der Waals surface area contributed by atoms with E-state index in [4.69, 9.17) is 0 Å². The van der Waals surface area contributed by atoms with Gasteiger partial charge in [0.1, 0.15) is 0 Å². The average molecular weight is 214 g/mol. The van der Waals surface area contributed by atoms with Gasteiger partial charge in [-0.25, -0.2) is 0 Å². The van der Waals surface area contributed by atoms with Crippen molar-refractivity contribution in [2.24, 2.45) is 0 Å². The van der Waals surface area contributed by atoms with Crippen LogP contribution in [0.2, 0.25) is 0 Å². The SMILES string of the molecule is C.C.CC(CS)SC(C)CS. The molecule has 0 aliphatic heterocycles. The van der Waals surface area contributed by atoms with Gasteiger partial charge in [-0.15, -0.1) is 0 Å². The quantitative estimate of drug-likeness (QED) is 0.674. The summed E-state index contributed by atoms with van der Waals surface area (Å²) in [5.41, 5.74) is 0. The van der Waals surface area contributed by atoms with Crippen molar-refractivity contribution in [1.82, 2.24) is 0 Å². The van der Waals surface area contributed by atoms with Crippen molar-refractivity contribution >= 4 is 37.0 Å². The summed E-state index contributed by atoms with van der Waals surface area (Å²) in [4.78, 5) is 0. The lowest BCUT2D eigenvalue weighted by Gasteiger charge is -2.12. The fourth-order valence-electron chi connectivity index (χ4n) is 0.483. The minimum absolute atomic E-state index is 0. The second-order valence-corrected chi connectivity index (χ2v) is 4.73. The summed E-state index contributed by atoms with van der Waals surface area (Å²) in [6.07, 6.45) is 0. The van der Waals surface area contributed by atoms with E-state index in [0.717, 1.165) is 11.5 Å². The van der Waals surface area contributed by atoms with E-state index in [1.54, 1.807) is 0 Å². The molecule has 0 heterocycles. The summed E-state index contributed by atoms with van der Waals surface area (Å²) < 4.78 is 0. The van der Waals surface area contributed by atoms with Crippen molar-refractivity contribution in [1.29, 1.82) is 0 Å². The average Bonchev–Trinajstić information content (AvgIpc) is 1.87. The molecule has 0 N–H and O–H groups in total. The monoisotopic (exact) mass is 214 g/mol. The van der Waals surface area contributed by atoms with Gasteiger partial charge in [0, 0.05) is 22.0 Å². The second kappa shape index (κ2) is 11.1. The summed E-state index contributed by atoms with van der Waals surface area (Å²) in [6, 6.07) is 0. The van der Waals surface area contributed by atoms with Gasteiger partial charge in [0.05, 0.1) is 0 Å². The zero-order valence-electron chi connectivity index (χ0n) is 5.87. The van der Waals surface area contributed by atoms with Crippen molar-refractivity contribution in [2.75, 3.05) is 11.5 Å². The molecule has 0 fully saturated rings. The van der Waals surface area contributed by atoms with Gasteiger partial charge in [0.2, 0.25) is 0 Å². The van der Waals surface area contributed by atoms with Crippen molar-refractivity contribution < 1.29 is 0 Å². The lowest BCUT2D eigenvalue weighted by molar-refractivity contribution is 1.07. The van der Waals surface area contributed by atoms with Gasteiger partial charge in [-0.05, 0) is 0 Å². The van der Waals surface area contributed by atoms with Crippen LogP contribution in [0.15, 0.2) is 0 Å². The predicted octanol–water partition coefficient (Wildman–Crippen LogP) is 3.63. The highest BCUT2D eigenvalue weighted by atomic mass is 32.2. The lowest BCUT2D eigenvalue weighted by Crippen LogP contribution is -2.06. The highest BCUT2D eigenvalue weighted by Crippen LogP contribution is 2.18. The summed E-state index contributed by atoms with van der Waals surface area (Å²) in [5.74, 6) is 1.92. The highest BCUT2D eigenvalue weighted by Gasteiger charge is 2.04. The first-order valence-corrected chi connectivity index (χ1v) is 5.28. The standard InChI is InChI=1S/C6H14S3.2CH4/c1-5(3-7)9-6(2)4-8;;/h5-8H,3-4H2,1-2H3;2*1H4. The number of thiol groups is 2. The van der Waals surface area contributed by atoms with Crippen LogP contribution >= 0.6 is 37.0 Å². The Morgan fingerprint density at radius 2 is 1.27 bits per heavy atom. The van der Waals surface area contributed by atoms with E-state index in [9.17, 15) is 0 Å². The summed E-state index contributed by atoms with van der Waals surface area (Å²) >= 11 is 10.3. The minimum Gasteiger partial charge on any atom is -0.178 e. The molecular weight excluding hydrogens is 192 g/mol. The maximum atomic E-state index is 4.18. The van der Waals surface area contributed by atoms with Crippen LogP contribution in [0.4, 0.5) is 0 Å². The van der Waals surface area contributed by atoms with Gasteiger partial charge in [-0.1, -0.05) is 28.7 Å². The minimum atomic E-state index is 0. The van der Waals surface area contributed by atoms with Crippen LogP contribution in [0.1, 0.15) is 28.7 Å². The van der Waals surface area contributed by atoms with Gasteiger partial charge < -0.3 is 0 Å². The molecule has 0 aromatic heterocycles. The molecule has 0 radical (unpaired) electrons. The third-order valence-electron chi connectivity index (χ3n) is 0.979. The van der Waals surface area contributed by atoms with Crippen LogP contribution in [0, 0.1) is 0 Å². The fraction of sp³-hybridized carbons (Fsp3) is 1.00. The Hall–Kier alpha value is 1.05. The molecule has 0 rings (SSSR count). The Bertz CT molecular complexity index is 58.4. The molecule has 2 atom stereocenters. The molecule has 0 bridgehead atoms. The van der Waals surface area contributed by atoms with Crippen LogP contribution in [0.5, 0.6) is 0 Å². The molecule has 0 nitrogen and oxygen atoms in total. The smallest absolute Gasteiger partial charge is 0.0110 e. The predicted molar refractivity (Wildman–Crippen MR) is 67.7 cm³/mol. The topological polar surface area (TPSA) is 0 Å². The first-order valence-electron chi connectivity index (χ1n) is 3.08. The molecule has 0 aromatic rings. The van der Waals surface area contributed by atoms with Gasteiger partial charge in [0.15, 0.2) is 0 Å². The van der Waals surface area contributed by atoms with E-state index in [-0.39, 0.29) is 14.9 Å². The molecule has 0 saturated heterocycles. The molecule has 11 heavy (non-hydrogen) atoms. The van der Waals surface area contributed by atoms with Crippen LogP contribution in [-0.2, 0) is 0 Å². The van der Waals surface area contributed by atoms with Crippen LogP contribution < -0.4 is 0 Å². The van der Waals surface area contributed by atoms with Crippen LogP contribution in [0.25, 0.3) is 0 Å². The third-order valence-corrected chi connectivity index (χ3v) is 3.83. The largest absolute Gasteiger partial charge is 0.178 e. The summed E-state index contributed by atoms with van der Waals surface area (Å²) in [6.45, 7) is 4.38. The van der Waals surface area contributed by atoms with E-state index in [1.165, 1.54) is 0 Å². The van der Waals surface area contributed by atoms with Gasteiger partial charge >= 0.3 is 0 Å². The Labute approximate surface area is 87.7 Å². The van der Waals surface area contributed by atoms with Gasteiger partial charge in [-0.2, -0.15) is 37.0 Å². The van der Waals surface area contributed by atoms with Gasteiger partial charge in [0.25, 0.3) is 0 Å². The number of hydrogen-bond acceptors (Lipinski definition) is 3. The molecule has 0 aromatic carbocycles. The van der Waals surface area contributed by atoms with E-state index >= 15 is 0 Å². The number of thioether (sulfide) groups is 1. The molecule has 2 unspecified atom stereocenters. The molecule has 0 saturated carbocycles. The van der Waals surface area contributed by atoms with Crippen LogP contribution in [-0.4, -0.2) is 22.0 Å². The lowest BCUT2D eigenvalue weighted by atomic mass is 10.5. The first kappa shape index (κ1) is 18.0. The Kier molecular flexibility index (Phi) is 18.0. The van der Waals surface area contributed by atoms with E-state index in [1.807, 2.05) is 11.8 Å². The fourth-order valence-corrected chi connectivity index (χ4v) is 1.96. The van der Waals surface area contributed by atoms with Crippen LogP contribution in [0.3, 0.4) is 0 Å². The maximum absolute atomic E-state index is 4.18. The van der Waals surface area contributed by atoms with E-state index in [2.05, 4.69) is 39.1 Å². The van der Waals surface area contributed by atoms with Gasteiger partial charge in [-0.3, -0.25) is 0 Å². The third kappa shape index (κ3) is 11.0. The molecular formula is C8H22S3. The summed E-state index contributed by atoms with van der Waals surface area (Å²) in [5, 5.41) is 1.32. The molecule has 0 aliphatic carbocycles. The van der Waals surface area contributed by atoms with Crippen molar-refractivity contribution in [3.63, 3.8) is 0 Å². The maximum Gasteiger partial charge on any atom is 0.0110 e. The number of hydrogen-bond donors (Lipinski definition) is 2. The van der Waals surface area contributed by atoms with E-state index < -0.39 is 0 Å². The van der Waals surface area contributed by atoms with Crippen molar-refractivity contribution in [3.8, 4) is 0 Å². The number of rotatable bonds is 4. The molecule has 0 aliphatic rings. The summed E-state index contributed by atoms with van der Waals surface area (Å²) in [7, 11) is 0. The Morgan fingerprint density at radius 3 is 1.45 bits per heavy atom. The van der Waals surface area contributed by atoms with Crippen molar-refractivity contribution in [3.05, 3.63) is 0 Å². The Balaban J connectivity index is -0.000000320. The molecule has 3 heteroatoms. The molecule has 72 valence electrons. The molecule has 0 spiro atoms. The Morgan fingerprint density at radius 1 is 1.00 bits per heavy atom. The normalized spacial score (nSPS) is 14.2. The zero-order chi connectivity index (χ0) is 7.28. The zero-order valence-corrected chi connectivity index (χ0v) is 8.48.